The van der Waals surface area contributed by atoms with Crippen LogP contribution in [-0.4, -0.2) is 40.0 Å². The van der Waals surface area contributed by atoms with E-state index in [0.717, 1.165) is 5.57 Å². The maximum atomic E-state index is 13.0. The molecule has 180 valence electrons. The first kappa shape index (κ1) is 25.0. The maximum Gasteiger partial charge on any atom is 0.338 e. The Morgan fingerprint density at radius 2 is 1.82 bits per heavy atom. The van der Waals surface area contributed by atoms with Crippen molar-refractivity contribution in [2.24, 2.45) is 17.3 Å². The Hall–Kier alpha value is -2.60. The van der Waals surface area contributed by atoms with Gasteiger partial charge in [0.25, 0.3) is 0 Å². The van der Waals surface area contributed by atoms with Crippen molar-refractivity contribution in [3.8, 4) is 5.75 Å². The van der Waals surface area contributed by atoms with Crippen LogP contribution in [0.1, 0.15) is 71.2 Å². The number of hydrogen-bond donors (Lipinski definition) is 2. The maximum absolute atomic E-state index is 13.0. The predicted molar refractivity (Wildman–Crippen MR) is 126 cm³/mol. The van der Waals surface area contributed by atoms with Crippen molar-refractivity contribution in [3.05, 3.63) is 53.1 Å². The molecule has 0 heterocycles. The van der Waals surface area contributed by atoms with Crippen LogP contribution in [0.25, 0.3) is 0 Å². The summed E-state index contributed by atoms with van der Waals surface area (Å²) in [5.74, 6) is -1.39. The van der Waals surface area contributed by atoms with Gasteiger partial charge < -0.3 is 19.7 Å². The summed E-state index contributed by atoms with van der Waals surface area (Å²) in [6, 6.07) is 5.92. The molecular formula is C27H36O6. The highest BCUT2D eigenvalue weighted by Gasteiger charge is 2.65. The quantitative estimate of drug-likeness (QED) is 0.370. The van der Waals surface area contributed by atoms with E-state index in [1.54, 1.807) is 19.9 Å². The second-order valence-corrected chi connectivity index (χ2v) is 10.1. The standard InChI is InChI=1S/C27H36O6/c1-7-18(5)24(29)33-22-15-27(31,16(2)3)23-21(14-17(4)12-13-26(22,23)6)32-25(30)19-8-10-20(28)11-9-19/h7-12,16,21-23,28,31H,13-15H2,1-6H3/b18-7-/t21-,22+,23+,26-,27+/m0/s1. The van der Waals surface area contributed by atoms with Crippen LogP contribution in [0, 0.1) is 17.3 Å². The Morgan fingerprint density at radius 3 is 2.39 bits per heavy atom. The molecule has 3 rings (SSSR count). The number of hydrogen-bond acceptors (Lipinski definition) is 6. The molecule has 6 nitrogen and oxygen atoms in total. The summed E-state index contributed by atoms with van der Waals surface area (Å²) in [5.41, 5.74) is 0.126. The van der Waals surface area contributed by atoms with E-state index in [4.69, 9.17) is 9.47 Å². The molecule has 6 heteroatoms. The molecule has 5 atom stereocenters. The minimum atomic E-state index is -1.18. The molecule has 0 radical (unpaired) electrons. The molecule has 0 unspecified atom stereocenters. The first-order chi connectivity index (χ1) is 15.4. The van der Waals surface area contributed by atoms with Crippen LogP contribution in [-0.2, 0) is 14.3 Å². The molecule has 0 aromatic heterocycles. The van der Waals surface area contributed by atoms with Gasteiger partial charge >= 0.3 is 11.9 Å². The number of aliphatic hydroxyl groups is 1. The molecule has 0 bridgehead atoms. The van der Waals surface area contributed by atoms with Crippen molar-refractivity contribution in [2.75, 3.05) is 0 Å². The number of benzene rings is 1. The molecular weight excluding hydrogens is 420 g/mol. The molecule has 1 aromatic carbocycles. The number of fused-ring (bicyclic) bond motifs is 1. The number of phenolic OH excluding ortho intramolecular Hbond substituents is 1. The molecule has 0 spiro atoms. The van der Waals surface area contributed by atoms with E-state index in [0.29, 0.717) is 24.0 Å². The van der Waals surface area contributed by atoms with Gasteiger partial charge in [-0.05, 0) is 57.4 Å². The molecule has 2 aliphatic rings. The van der Waals surface area contributed by atoms with Crippen LogP contribution < -0.4 is 0 Å². The largest absolute Gasteiger partial charge is 0.508 e. The normalized spacial score (nSPS) is 32.1. The Bertz CT molecular complexity index is 959. The summed E-state index contributed by atoms with van der Waals surface area (Å²) in [7, 11) is 0. The third kappa shape index (κ3) is 4.72. The lowest BCUT2D eigenvalue weighted by atomic mass is 9.67. The Labute approximate surface area is 196 Å². The zero-order valence-electron chi connectivity index (χ0n) is 20.4. The summed E-state index contributed by atoms with van der Waals surface area (Å²) >= 11 is 0. The number of ether oxygens (including phenoxy) is 2. The second-order valence-electron chi connectivity index (χ2n) is 10.1. The molecule has 0 amide bonds. The van der Waals surface area contributed by atoms with Crippen LogP contribution in [0.5, 0.6) is 5.75 Å². The first-order valence-electron chi connectivity index (χ1n) is 11.6. The highest BCUT2D eigenvalue weighted by atomic mass is 16.6. The van der Waals surface area contributed by atoms with Crippen LogP contribution in [0.15, 0.2) is 47.6 Å². The van der Waals surface area contributed by atoms with Gasteiger partial charge in [0.15, 0.2) is 0 Å². The monoisotopic (exact) mass is 456 g/mol. The van der Waals surface area contributed by atoms with Crippen molar-refractivity contribution in [1.82, 2.24) is 0 Å². The topological polar surface area (TPSA) is 93.1 Å². The number of carbonyl (C=O) groups is 2. The summed E-state index contributed by atoms with van der Waals surface area (Å²) < 4.78 is 12.0. The average Bonchev–Trinajstić information content (AvgIpc) is 2.89. The molecule has 33 heavy (non-hydrogen) atoms. The van der Waals surface area contributed by atoms with Gasteiger partial charge in [0.2, 0.25) is 0 Å². The van der Waals surface area contributed by atoms with Crippen molar-refractivity contribution < 1.29 is 29.3 Å². The highest BCUT2D eigenvalue weighted by molar-refractivity contribution is 5.89. The fourth-order valence-corrected chi connectivity index (χ4v) is 5.37. The average molecular weight is 457 g/mol. The smallest absolute Gasteiger partial charge is 0.338 e. The fraction of sp³-hybridized carbons (Fsp3) is 0.556. The molecule has 2 aliphatic carbocycles. The fourth-order valence-electron chi connectivity index (χ4n) is 5.37. The Kier molecular flexibility index (Phi) is 7.08. The summed E-state index contributed by atoms with van der Waals surface area (Å²) in [4.78, 5) is 25.7. The lowest BCUT2D eigenvalue weighted by Crippen LogP contribution is -2.50. The zero-order chi connectivity index (χ0) is 24.6. The molecule has 2 N–H and O–H groups in total. The zero-order valence-corrected chi connectivity index (χ0v) is 20.4. The highest BCUT2D eigenvalue weighted by Crippen LogP contribution is 2.59. The number of rotatable bonds is 5. The van der Waals surface area contributed by atoms with E-state index < -0.39 is 41.1 Å². The minimum Gasteiger partial charge on any atom is -0.508 e. The molecule has 1 aromatic rings. The van der Waals surface area contributed by atoms with Gasteiger partial charge in [0.05, 0.1) is 11.2 Å². The van der Waals surface area contributed by atoms with E-state index in [1.807, 2.05) is 27.7 Å². The number of carbonyl (C=O) groups excluding carboxylic acids is 2. The van der Waals surface area contributed by atoms with Gasteiger partial charge in [0.1, 0.15) is 18.0 Å². The van der Waals surface area contributed by atoms with Gasteiger partial charge in [0, 0.05) is 29.7 Å². The van der Waals surface area contributed by atoms with Gasteiger partial charge in [-0.25, -0.2) is 9.59 Å². The van der Waals surface area contributed by atoms with E-state index in [1.165, 1.54) is 24.3 Å². The summed E-state index contributed by atoms with van der Waals surface area (Å²) in [5, 5.41) is 21.5. The van der Waals surface area contributed by atoms with Crippen molar-refractivity contribution in [1.29, 1.82) is 0 Å². The number of allylic oxidation sites excluding steroid dienone is 2. The third-order valence-electron chi connectivity index (χ3n) is 7.65. The molecule has 0 saturated heterocycles. The van der Waals surface area contributed by atoms with E-state index in [9.17, 15) is 19.8 Å². The summed E-state index contributed by atoms with van der Waals surface area (Å²) in [6.07, 6.45) is 4.10. The van der Waals surface area contributed by atoms with Crippen LogP contribution >= 0.6 is 0 Å². The van der Waals surface area contributed by atoms with E-state index in [2.05, 4.69) is 6.08 Å². The van der Waals surface area contributed by atoms with E-state index in [-0.39, 0.29) is 18.1 Å². The van der Waals surface area contributed by atoms with Gasteiger partial charge in [-0.2, -0.15) is 0 Å². The molecule has 1 fully saturated rings. The van der Waals surface area contributed by atoms with Gasteiger partial charge in [-0.3, -0.25) is 0 Å². The van der Waals surface area contributed by atoms with E-state index >= 15 is 0 Å². The Morgan fingerprint density at radius 1 is 1.18 bits per heavy atom. The molecule has 0 aliphatic heterocycles. The van der Waals surface area contributed by atoms with Gasteiger partial charge in [-0.1, -0.05) is 38.5 Å². The molecule has 1 saturated carbocycles. The van der Waals surface area contributed by atoms with Crippen LogP contribution in [0.3, 0.4) is 0 Å². The third-order valence-corrected chi connectivity index (χ3v) is 7.65. The predicted octanol–water partition coefficient (Wildman–Crippen LogP) is 4.95. The van der Waals surface area contributed by atoms with Crippen LogP contribution in [0.2, 0.25) is 0 Å². The lowest BCUT2D eigenvalue weighted by Gasteiger charge is -2.43. The lowest BCUT2D eigenvalue weighted by molar-refractivity contribution is -0.151. The Balaban J connectivity index is 2.00. The van der Waals surface area contributed by atoms with Crippen molar-refractivity contribution >= 4 is 11.9 Å². The summed E-state index contributed by atoms with van der Waals surface area (Å²) in [6.45, 7) is 11.4. The first-order valence-corrected chi connectivity index (χ1v) is 11.6. The number of aromatic hydroxyl groups is 1. The minimum absolute atomic E-state index is 0.0680. The number of phenols is 1. The SMILES string of the molecule is C/C=C(/C)C(=O)O[C@@H]1C[C@@](O)(C(C)C)[C@@H]2[C@@H](OC(=O)c3ccc(O)cc3)CC(C)=CC[C@]21C. The number of esters is 2. The van der Waals surface area contributed by atoms with Crippen molar-refractivity contribution in [2.45, 2.75) is 78.6 Å². The van der Waals surface area contributed by atoms with Crippen molar-refractivity contribution in [3.63, 3.8) is 0 Å². The van der Waals surface area contributed by atoms with Crippen LogP contribution in [0.4, 0.5) is 0 Å². The second kappa shape index (κ2) is 9.34. The van der Waals surface area contributed by atoms with Gasteiger partial charge in [-0.15, -0.1) is 0 Å².